The van der Waals surface area contributed by atoms with Crippen LogP contribution in [-0.4, -0.2) is 40.0 Å². The third-order valence-electron chi connectivity index (χ3n) is 4.50. The van der Waals surface area contributed by atoms with Crippen LogP contribution < -0.4 is 16.0 Å². The normalized spacial score (nSPS) is 14.9. The summed E-state index contributed by atoms with van der Waals surface area (Å²) < 4.78 is 0. The number of fused-ring (bicyclic) bond motifs is 1. The SMILES string of the molecule is O=C(Nc1ncccn1)c1ccc(NC2CCNCC2)c2cccnc12. The minimum Gasteiger partial charge on any atom is -0.382 e. The topological polar surface area (TPSA) is 91.8 Å². The maximum absolute atomic E-state index is 12.7. The van der Waals surface area contributed by atoms with Crippen molar-refractivity contribution < 1.29 is 4.79 Å². The van der Waals surface area contributed by atoms with Crippen molar-refractivity contribution in [3.8, 4) is 0 Å². The number of hydrogen-bond donors (Lipinski definition) is 3. The van der Waals surface area contributed by atoms with E-state index in [9.17, 15) is 4.79 Å². The molecule has 3 N–H and O–H groups in total. The van der Waals surface area contributed by atoms with Gasteiger partial charge in [0.05, 0.1) is 11.1 Å². The van der Waals surface area contributed by atoms with Gasteiger partial charge in [0.1, 0.15) is 0 Å². The Morgan fingerprint density at radius 2 is 1.77 bits per heavy atom. The Morgan fingerprint density at radius 1 is 1.00 bits per heavy atom. The molecule has 4 rings (SSSR count). The van der Waals surface area contributed by atoms with Crippen molar-refractivity contribution in [1.29, 1.82) is 0 Å². The first-order valence-corrected chi connectivity index (χ1v) is 8.74. The molecule has 7 heteroatoms. The van der Waals surface area contributed by atoms with E-state index >= 15 is 0 Å². The fourth-order valence-electron chi connectivity index (χ4n) is 3.20. The van der Waals surface area contributed by atoms with Crippen LogP contribution >= 0.6 is 0 Å². The molecule has 1 aliphatic rings. The molecule has 0 bridgehead atoms. The Morgan fingerprint density at radius 3 is 2.58 bits per heavy atom. The molecule has 0 aliphatic carbocycles. The second-order valence-corrected chi connectivity index (χ2v) is 6.26. The van der Waals surface area contributed by atoms with Gasteiger partial charge < -0.3 is 10.6 Å². The summed E-state index contributed by atoms with van der Waals surface area (Å²) in [7, 11) is 0. The van der Waals surface area contributed by atoms with Crippen molar-refractivity contribution in [1.82, 2.24) is 20.3 Å². The molecule has 1 saturated heterocycles. The number of nitrogens with one attached hydrogen (secondary N) is 3. The summed E-state index contributed by atoms with van der Waals surface area (Å²) >= 11 is 0. The van der Waals surface area contributed by atoms with E-state index in [1.165, 1.54) is 0 Å². The lowest BCUT2D eigenvalue weighted by atomic mass is 10.0. The van der Waals surface area contributed by atoms with Crippen LogP contribution in [0.15, 0.2) is 48.9 Å². The van der Waals surface area contributed by atoms with Crippen molar-refractivity contribution in [3.63, 3.8) is 0 Å². The number of pyridine rings is 1. The smallest absolute Gasteiger partial charge is 0.260 e. The van der Waals surface area contributed by atoms with E-state index in [1.54, 1.807) is 30.7 Å². The Labute approximate surface area is 151 Å². The summed E-state index contributed by atoms with van der Waals surface area (Å²) in [6.45, 7) is 2.04. The average molecular weight is 348 g/mol. The standard InChI is InChI=1S/C19H20N6O/c26-18(25-19-22-9-2-10-23-19)15-4-5-16(14-3-1-8-21-17(14)15)24-13-6-11-20-12-7-13/h1-5,8-10,13,20,24H,6-7,11-12H2,(H,22,23,25,26). The van der Waals surface area contributed by atoms with Crippen molar-refractivity contribution >= 4 is 28.4 Å². The molecule has 0 spiro atoms. The predicted octanol–water partition coefficient (Wildman–Crippen LogP) is 2.44. The second kappa shape index (κ2) is 7.45. The fourth-order valence-corrected chi connectivity index (χ4v) is 3.20. The molecule has 0 unspecified atom stereocenters. The molecule has 1 aliphatic heterocycles. The number of amides is 1. The summed E-state index contributed by atoms with van der Waals surface area (Å²) in [6, 6.07) is 9.76. The lowest BCUT2D eigenvalue weighted by molar-refractivity contribution is 0.102. The highest BCUT2D eigenvalue weighted by Gasteiger charge is 2.17. The first kappa shape index (κ1) is 16.4. The Bertz CT molecular complexity index is 908. The molecule has 0 radical (unpaired) electrons. The Hall–Kier alpha value is -3.06. The summed E-state index contributed by atoms with van der Waals surface area (Å²) in [4.78, 5) is 25.2. The van der Waals surface area contributed by atoms with E-state index in [0.717, 1.165) is 37.0 Å². The Kier molecular flexibility index (Phi) is 4.70. The maximum Gasteiger partial charge on any atom is 0.260 e. The lowest BCUT2D eigenvalue weighted by Crippen LogP contribution is -2.35. The summed E-state index contributed by atoms with van der Waals surface area (Å²) in [5.74, 6) is 0.00630. The molecule has 2 aromatic heterocycles. The molecule has 1 aromatic carbocycles. The third-order valence-corrected chi connectivity index (χ3v) is 4.50. The zero-order valence-corrected chi connectivity index (χ0v) is 14.3. The minimum absolute atomic E-state index is 0.270. The van der Waals surface area contributed by atoms with Gasteiger partial charge in [0, 0.05) is 35.7 Å². The van der Waals surface area contributed by atoms with Crippen LogP contribution in [0.3, 0.4) is 0 Å². The van der Waals surface area contributed by atoms with Gasteiger partial charge in [-0.3, -0.25) is 15.1 Å². The second-order valence-electron chi connectivity index (χ2n) is 6.26. The van der Waals surface area contributed by atoms with E-state index in [4.69, 9.17) is 0 Å². The number of carbonyl (C=O) groups excluding carboxylic acids is 1. The van der Waals surface area contributed by atoms with Gasteiger partial charge in [-0.25, -0.2) is 9.97 Å². The molecule has 0 saturated carbocycles. The molecule has 7 nitrogen and oxygen atoms in total. The monoisotopic (exact) mass is 348 g/mol. The molecule has 3 heterocycles. The molecule has 1 amide bonds. The number of piperidine rings is 1. The number of anilines is 2. The van der Waals surface area contributed by atoms with E-state index < -0.39 is 0 Å². The van der Waals surface area contributed by atoms with Gasteiger partial charge in [0.25, 0.3) is 5.91 Å². The van der Waals surface area contributed by atoms with Crippen LogP contribution in [0, 0.1) is 0 Å². The van der Waals surface area contributed by atoms with E-state index in [2.05, 4.69) is 30.9 Å². The summed E-state index contributed by atoms with van der Waals surface area (Å²) in [5, 5.41) is 10.6. The number of aromatic nitrogens is 3. The molecule has 3 aromatic rings. The number of benzene rings is 1. The summed E-state index contributed by atoms with van der Waals surface area (Å²) in [6.07, 6.45) is 7.03. The summed E-state index contributed by atoms with van der Waals surface area (Å²) in [5.41, 5.74) is 2.18. The van der Waals surface area contributed by atoms with E-state index in [0.29, 0.717) is 17.1 Å². The van der Waals surface area contributed by atoms with Crippen LogP contribution in [-0.2, 0) is 0 Å². The van der Waals surface area contributed by atoms with Crippen LogP contribution in [0.5, 0.6) is 0 Å². The average Bonchev–Trinajstić information content (AvgIpc) is 2.70. The number of hydrogen-bond acceptors (Lipinski definition) is 6. The minimum atomic E-state index is -0.270. The molecule has 0 atom stereocenters. The third kappa shape index (κ3) is 3.48. The molecular formula is C19H20N6O. The van der Waals surface area contributed by atoms with E-state index in [-0.39, 0.29) is 11.9 Å². The first-order chi connectivity index (χ1) is 12.8. The number of carbonyl (C=O) groups is 1. The molecule has 1 fully saturated rings. The van der Waals surface area contributed by atoms with Gasteiger partial charge in [-0.1, -0.05) is 0 Å². The molecule has 132 valence electrons. The van der Waals surface area contributed by atoms with E-state index in [1.807, 2.05) is 18.2 Å². The zero-order chi connectivity index (χ0) is 17.8. The van der Waals surface area contributed by atoms with Crippen molar-refractivity contribution in [3.05, 3.63) is 54.5 Å². The quantitative estimate of drug-likeness (QED) is 0.671. The highest BCUT2D eigenvalue weighted by atomic mass is 16.1. The first-order valence-electron chi connectivity index (χ1n) is 8.74. The fraction of sp³-hybridized carbons (Fsp3) is 0.263. The van der Waals surface area contributed by atoms with Gasteiger partial charge in [0.15, 0.2) is 0 Å². The maximum atomic E-state index is 12.7. The van der Waals surface area contributed by atoms with Gasteiger partial charge >= 0.3 is 0 Å². The van der Waals surface area contributed by atoms with Gasteiger partial charge in [0.2, 0.25) is 5.95 Å². The Balaban J connectivity index is 1.64. The largest absolute Gasteiger partial charge is 0.382 e. The highest BCUT2D eigenvalue weighted by molar-refractivity contribution is 6.13. The molecule has 26 heavy (non-hydrogen) atoms. The molecular weight excluding hydrogens is 328 g/mol. The van der Waals surface area contributed by atoms with Crippen molar-refractivity contribution in [2.75, 3.05) is 23.7 Å². The zero-order valence-electron chi connectivity index (χ0n) is 14.3. The van der Waals surface area contributed by atoms with Crippen LogP contribution in [0.4, 0.5) is 11.6 Å². The van der Waals surface area contributed by atoms with Crippen LogP contribution in [0.25, 0.3) is 10.9 Å². The van der Waals surface area contributed by atoms with Gasteiger partial charge in [-0.2, -0.15) is 0 Å². The van der Waals surface area contributed by atoms with Crippen LogP contribution in [0.2, 0.25) is 0 Å². The van der Waals surface area contributed by atoms with Gasteiger partial charge in [-0.05, 0) is 56.3 Å². The predicted molar refractivity (Wildman–Crippen MR) is 101 cm³/mol. The van der Waals surface area contributed by atoms with Crippen molar-refractivity contribution in [2.45, 2.75) is 18.9 Å². The van der Waals surface area contributed by atoms with Crippen LogP contribution in [0.1, 0.15) is 23.2 Å². The van der Waals surface area contributed by atoms with Gasteiger partial charge in [-0.15, -0.1) is 0 Å². The lowest BCUT2D eigenvalue weighted by Gasteiger charge is -2.25. The highest BCUT2D eigenvalue weighted by Crippen LogP contribution is 2.27. The van der Waals surface area contributed by atoms with Crippen molar-refractivity contribution in [2.24, 2.45) is 0 Å². The number of nitrogens with zero attached hydrogens (tertiary/aromatic N) is 3. The number of rotatable bonds is 4.